The fourth-order valence-corrected chi connectivity index (χ4v) is 3.31. The number of rotatable bonds is 6. The largest absolute Gasteiger partial charge is 0.347 e. The first-order valence-corrected chi connectivity index (χ1v) is 10.0. The first kappa shape index (κ1) is 20.1. The van der Waals surface area contributed by atoms with Crippen molar-refractivity contribution < 1.29 is 9.59 Å². The van der Waals surface area contributed by atoms with Gasteiger partial charge < -0.3 is 10.6 Å². The van der Waals surface area contributed by atoms with Crippen LogP contribution >= 0.6 is 0 Å². The quantitative estimate of drug-likeness (QED) is 0.784. The molecule has 28 heavy (non-hydrogen) atoms. The molecule has 4 nitrogen and oxygen atoms in total. The zero-order valence-electron chi connectivity index (χ0n) is 17.2. The van der Waals surface area contributed by atoms with Crippen LogP contribution in [-0.2, 0) is 10.2 Å². The van der Waals surface area contributed by atoms with E-state index in [4.69, 9.17) is 0 Å². The Morgan fingerprint density at radius 2 is 1.54 bits per heavy atom. The van der Waals surface area contributed by atoms with Crippen molar-refractivity contribution in [2.24, 2.45) is 5.92 Å². The zero-order chi connectivity index (χ0) is 20.3. The van der Waals surface area contributed by atoms with E-state index in [0.717, 1.165) is 18.4 Å². The maximum Gasteiger partial charge on any atom is 0.251 e. The van der Waals surface area contributed by atoms with Crippen LogP contribution in [0.3, 0.4) is 0 Å². The van der Waals surface area contributed by atoms with Gasteiger partial charge in [-0.15, -0.1) is 0 Å². The normalized spacial score (nSPS) is 16.1. The monoisotopic (exact) mass is 378 g/mol. The lowest BCUT2D eigenvalue weighted by Crippen LogP contribution is -2.46. The van der Waals surface area contributed by atoms with Crippen LogP contribution in [0.2, 0.25) is 0 Å². The Labute approximate surface area is 167 Å². The summed E-state index contributed by atoms with van der Waals surface area (Å²) in [6, 6.07) is 17.0. The van der Waals surface area contributed by atoms with Crippen molar-refractivity contribution in [3.63, 3.8) is 0 Å². The van der Waals surface area contributed by atoms with Gasteiger partial charge in [-0.1, -0.05) is 63.2 Å². The minimum absolute atomic E-state index is 0.0131. The molecular weight excluding hydrogens is 348 g/mol. The lowest BCUT2D eigenvalue weighted by Gasteiger charge is -2.22. The number of carbonyl (C=O) groups is 2. The molecule has 3 rings (SSSR count). The van der Waals surface area contributed by atoms with E-state index >= 15 is 0 Å². The molecule has 1 fully saturated rings. The van der Waals surface area contributed by atoms with E-state index < -0.39 is 6.04 Å². The van der Waals surface area contributed by atoms with E-state index in [2.05, 4.69) is 31.4 Å². The van der Waals surface area contributed by atoms with Crippen LogP contribution < -0.4 is 10.6 Å². The van der Waals surface area contributed by atoms with Crippen LogP contribution in [0, 0.1) is 5.92 Å². The fraction of sp³-hybridized carbons (Fsp3) is 0.417. The van der Waals surface area contributed by atoms with Crippen LogP contribution in [-0.4, -0.2) is 17.9 Å². The predicted octanol–water partition coefficient (Wildman–Crippen LogP) is 4.37. The third-order valence-electron chi connectivity index (χ3n) is 5.30. The average molecular weight is 379 g/mol. The topological polar surface area (TPSA) is 58.2 Å². The Morgan fingerprint density at radius 3 is 2.07 bits per heavy atom. The Balaban J connectivity index is 1.61. The molecule has 2 amide bonds. The average Bonchev–Trinajstić information content (AvgIpc) is 3.51. The Morgan fingerprint density at radius 1 is 0.929 bits per heavy atom. The minimum atomic E-state index is -0.597. The molecule has 0 heterocycles. The van der Waals surface area contributed by atoms with Gasteiger partial charge in [-0.3, -0.25) is 9.59 Å². The first-order chi connectivity index (χ1) is 13.3. The molecule has 4 heteroatoms. The second-order valence-corrected chi connectivity index (χ2v) is 8.76. The van der Waals surface area contributed by atoms with E-state index in [-0.39, 0.29) is 23.3 Å². The molecule has 0 saturated heterocycles. The number of benzene rings is 2. The summed E-state index contributed by atoms with van der Waals surface area (Å²) in [5.74, 6) is 0.102. The van der Waals surface area contributed by atoms with Gasteiger partial charge in [-0.05, 0) is 54.4 Å². The molecule has 2 aromatic rings. The fourth-order valence-electron chi connectivity index (χ4n) is 3.31. The van der Waals surface area contributed by atoms with Gasteiger partial charge in [0.05, 0.1) is 6.04 Å². The summed E-state index contributed by atoms with van der Waals surface area (Å²) in [4.78, 5) is 25.2. The van der Waals surface area contributed by atoms with Gasteiger partial charge >= 0.3 is 0 Å². The molecule has 1 aliphatic carbocycles. The van der Waals surface area contributed by atoms with Crippen molar-refractivity contribution in [2.45, 2.75) is 58.0 Å². The van der Waals surface area contributed by atoms with Crippen molar-refractivity contribution in [1.82, 2.24) is 10.6 Å². The van der Waals surface area contributed by atoms with Crippen molar-refractivity contribution in [1.29, 1.82) is 0 Å². The second kappa shape index (κ2) is 8.17. The molecule has 2 N–H and O–H groups in total. The molecule has 0 aliphatic heterocycles. The van der Waals surface area contributed by atoms with E-state index in [1.807, 2.05) is 54.6 Å². The summed E-state index contributed by atoms with van der Waals surface area (Å²) in [5.41, 5.74) is 2.89. The van der Waals surface area contributed by atoms with Crippen molar-refractivity contribution in [3.05, 3.63) is 71.3 Å². The lowest BCUT2D eigenvalue weighted by molar-refractivity contribution is -0.123. The molecule has 1 aliphatic rings. The highest BCUT2D eigenvalue weighted by molar-refractivity contribution is 5.97. The van der Waals surface area contributed by atoms with Crippen molar-refractivity contribution in [2.75, 3.05) is 0 Å². The highest BCUT2D eigenvalue weighted by Gasteiger charge is 2.34. The molecule has 0 aromatic heterocycles. The summed E-state index contributed by atoms with van der Waals surface area (Å²) < 4.78 is 0. The lowest BCUT2D eigenvalue weighted by atomic mass is 9.86. The molecule has 0 radical (unpaired) electrons. The number of hydrogen-bond donors (Lipinski definition) is 2. The Bertz CT molecular complexity index is 818. The molecule has 2 aromatic carbocycles. The molecule has 2 atom stereocenters. The smallest absolute Gasteiger partial charge is 0.251 e. The maximum absolute atomic E-state index is 12.7. The molecular formula is C24H30N2O2. The van der Waals surface area contributed by atoms with E-state index in [0.29, 0.717) is 11.5 Å². The van der Waals surface area contributed by atoms with Crippen LogP contribution in [0.5, 0.6) is 0 Å². The zero-order valence-corrected chi connectivity index (χ0v) is 17.2. The third-order valence-corrected chi connectivity index (χ3v) is 5.30. The van der Waals surface area contributed by atoms with E-state index in [1.165, 1.54) is 5.56 Å². The molecule has 0 bridgehead atoms. The van der Waals surface area contributed by atoms with Crippen LogP contribution in [0.15, 0.2) is 54.6 Å². The standard InChI is InChI=1S/C24H30N2O2/c1-16(25-23(28)19-12-14-20(15-13-19)24(2,3)4)22(27)26-21(18-10-11-18)17-8-6-5-7-9-17/h5-9,12-16,18,21H,10-11H2,1-4H3,(H,25,28)(H,26,27). The van der Waals surface area contributed by atoms with Gasteiger partial charge in [-0.2, -0.15) is 0 Å². The van der Waals surface area contributed by atoms with Gasteiger partial charge in [0.15, 0.2) is 0 Å². The van der Waals surface area contributed by atoms with Crippen LogP contribution in [0.25, 0.3) is 0 Å². The van der Waals surface area contributed by atoms with Crippen LogP contribution in [0.4, 0.5) is 0 Å². The molecule has 2 unspecified atom stereocenters. The van der Waals surface area contributed by atoms with Gasteiger partial charge in [0.1, 0.15) is 6.04 Å². The van der Waals surface area contributed by atoms with E-state index in [1.54, 1.807) is 6.92 Å². The van der Waals surface area contributed by atoms with E-state index in [9.17, 15) is 9.59 Å². The number of amides is 2. The van der Waals surface area contributed by atoms with Gasteiger partial charge in [0, 0.05) is 5.56 Å². The van der Waals surface area contributed by atoms with Crippen LogP contribution in [0.1, 0.15) is 68.1 Å². The Kier molecular flexibility index (Phi) is 5.87. The molecule has 148 valence electrons. The van der Waals surface area contributed by atoms with Gasteiger partial charge in [-0.25, -0.2) is 0 Å². The number of carbonyl (C=O) groups excluding carboxylic acids is 2. The van der Waals surface area contributed by atoms with Gasteiger partial charge in [0.25, 0.3) is 5.91 Å². The minimum Gasteiger partial charge on any atom is -0.347 e. The summed E-state index contributed by atoms with van der Waals surface area (Å²) in [7, 11) is 0. The number of nitrogens with one attached hydrogen (secondary N) is 2. The summed E-state index contributed by atoms with van der Waals surface area (Å²) >= 11 is 0. The first-order valence-electron chi connectivity index (χ1n) is 10.0. The van der Waals surface area contributed by atoms with Gasteiger partial charge in [0.2, 0.25) is 5.91 Å². The highest BCUT2D eigenvalue weighted by Crippen LogP contribution is 2.40. The molecule has 0 spiro atoms. The predicted molar refractivity (Wildman–Crippen MR) is 112 cm³/mol. The maximum atomic E-state index is 12.7. The molecule has 1 saturated carbocycles. The summed E-state index contributed by atoms with van der Waals surface area (Å²) in [6.45, 7) is 8.14. The summed E-state index contributed by atoms with van der Waals surface area (Å²) in [5, 5.41) is 5.95. The number of hydrogen-bond acceptors (Lipinski definition) is 2. The second-order valence-electron chi connectivity index (χ2n) is 8.76. The van der Waals surface area contributed by atoms with Crippen molar-refractivity contribution >= 4 is 11.8 Å². The summed E-state index contributed by atoms with van der Waals surface area (Å²) in [6.07, 6.45) is 2.25. The SMILES string of the molecule is CC(NC(=O)c1ccc(C(C)(C)C)cc1)C(=O)NC(c1ccccc1)C1CC1. The van der Waals surface area contributed by atoms with Crippen molar-refractivity contribution in [3.8, 4) is 0 Å². The Hall–Kier alpha value is -2.62. The highest BCUT2D eigenvalue weighted by atomic mass is 16.2. The third kappa shape index (κ3) is 5.00.